The number of aromatic nitrogens is 1. The lowest BCUT2D eigenvalue weighted by Crippen LogP contribution is -2.47. The van der Waals surface area contributed by atoms with Crippen molar-refractivity contribution in [1.29, 1.82) is 0 Å². The van der Waals surface area contributed by atoms with Crippen LogP contribution in [-0.2, 0) is 0 Å². The summed E-state index contributed by atoms with van der Waals surface area (Å²) in [6.07, 6.45) is 4.01. The van der Waals surface area contributed by atoms with Crippen LogP contribution in [0.3, 0.4) is 0 Å². The van der Waals surface area contributed by atoms with E-state index >= 15 is 0 Å². The van der Waals surface area contributed by atoms with Gasteiger partial charge in [0.05, 0.1) is 10.3 Å². The van der Waals surface area contributed by atoms with Gasteiger partial charge in [-0.25, -0.2) is 4.98 Å². The second kappa shape index (κ2) is 7.42. The zero-order valence-corrected chi connectivity index (χ0v) is 16.6. The SMILES string of the molecule is O=C(N[C@@H]1C[C@H]2CCN(C2)C1)c1cc2c(C(=O)N3CCNCC3)csc2cn1. The number of carbonyl (C=O) groups is 2. The second-order valence-corrected chi connectivity index (χ2v) is 8.99. The molecule has 5 heterocycles. The number of piperidine rings is 1. The van der Waals surface area contributed by atoms with Crippen LogP contribution in [0.1, 0.15) is 33.7 Å². The third-order valence-electron chi connectivity index (χ3n) is 6.13. The van der Waals surface area contributed by atoms with Gasteiger partial charge in [-0.05, 0) is 31.4 Å². The van der Waals surface area contributed by atoms with Crippen LogP contribution < -0.4 is 10.6 Å². The van der Waals surface area contributed by atoms with Crippen molar-refractivity contribution in [3.05, 3.63) is 28.9 Å². The largest absolute Gasteiger partial charge is 0.347 e. The standard InChI is InChI=1S/C20H25N5O2S/c26-19(23-14-7-13-1-4-24(10-13)11-14)17-8-15-16(12-28-18(15)9-22-17)20(27)25-5-2-21-3-6-25/h8-9,12-14,21H,1-7,10-11H2,(H,23,26)/t13-,14-/m1/s1. The molecule has 1 unspecified atom stereocenters. The predicted octanol–water partition coefficient (Wildman–Crippen LogP) is 1.17. The minimum Gasteiger partial charge on any atom is -0.347 e. The van der Waals surface area contributed by atoms with E-state index in [1.54, 1.807) is 12.3 Å². The smallest absolute Gasteiger partial charge is 0.270 e. The molecule has 0 spiro atoms. The van der Waals surface area contributed by atoms with Gasteiger partial charge in [0.25, 0.3) is 11.8 Å². The first-order valence-corrected chi connectivity index (χ1v) is 11.0. The summed E-state index contributed by atoms with van der Waals surface area (Å²) in [5, 5.41) is 9.16. The van der Waals surface area contributed by atoms with Crippen molar-refractivity contribution in [2.75, 3.05) is 45.8 Å². The lowest BCUT2D eigenvalue weighted by atomic mass is 9.97. The van der Waals surface area contributed by atoms with E-state index in [0.29, 0.717) is 30.3 Å². The van der Waals surface area contributed by atoms with Crippen LogP contribution in [0.25, 0.3) is 10.1 Å². The van der Waals surface area contributed by atoms with Crippen LogP contribution in [0.15, 0.2) is 17.6 Å². The summed E-state index contributed by atoms with van der Waals surface area (Å²) in [6, 6.07) is 1.98. The zero-order chi connectivity index (χ0) is 19.1. The van der Waals surface area contributed by atoms with Gasteiger partial charge in [-0.15, -0.1) is 11.3 Å². The summed E-state index contributed by atoms with van der Waals surface area (Å²) in [6.45, 7) is 6.32. The average molecular weight is 400 g/mol. The monoisotopic (exact) mass is 399 g/mol. The molecule has 3 aliphatic rings. The van der Waals surface area contributed by atoms with Gasteiger partial charge >= 0.3 is 0 Å². The lowest BCUT2D eigenvalue weighted by molar-refractivity contribution is 0.0737. The highest BCUT2D eigenvalue weighted by atomic mass is 32.1. The average Bonchev–Trinajstić information content (AvgIpc) is 3.30. The van der Waals surface area contributed by atoms with Crippen LogP contribution >= 0.6 is 11.3 Å². The van der Waals surface area contributed by atoms with Gasteiger partial charge in [0.15, 0.2) is 0 Å². The Labute approximate surface area is 168 Å². The summed E-state index contributed by atoms with van der Waals surface area (Å²) in [5.74, 6) is 0.609. The van der Waals surface area contributed by atoms with Crippen molar-refractivity contribution < 1.29 is 9.59 Å². The highest BCUT2D eigenvalue weighted by Crippen LogP contribution is 2.28. The van der Waals surface area contributed by atoms with E-state index in [-0.39, 0.29) is 17.9 Å². The molecule has 7 nitrogen and oxygen atoms in total. The Morgan fingerprint density at radius 1 is 1.21 bits per heavy atom. The quantitative estimate of drug-likeness (QED) is 0.810. The predicted molar refractivity (Wildman–Crippen MR) is 109 cm³/mol. The van der Waals surface area contributed by atoms with E-state index in [4.69, 9.17) is 0 Å². The van der Waals surface area contributed by atoms with Crippen molar-refractivity contribution in [3.8, 4) is 0 Å². The highest BCUT2D eigenvalue weighted by Gasteiger charge is 2.33. The number of amides is 2. The fourth-order valence-electron chi connectivity index (χ4n) is 4.68. The molecule has 0 saturated carbocycles. The molecule has 2 aromatic heterocycles. The van der Waals surface area contributed by atoms with Crippen LogP contribution in [0.2, 0.25) is 0 Å². The van der Waals surface area contributed by atoms with Crippen LogP contribution in [0.4, 0.5) is 0 Å². The van der Waals surface area contributed by atoms with Crippen molar-refractivity contribution in [3.63, 3.8) is 0 Å². The van der Waals surface area contributed by atoms with Gasteiger partial charge in [0.1, 0.15) is 5.69 Å². The van der Waals surface area contributed by atoms with E-state index in [1.807, 2.05) is 10.3 Å². The molecule has 2 N–H and O–H groups in total. The Bertz CT molecular complexity index is 895. The first kappa shape index (κ1) is 18.0. The van der Waals surface area contributed by atoms with Gasteiger partial charge in [-0.3, -0.25) is 9.59 Å². The Morgan fingerprint density at radius 3 is 2.89 bits per heavy atom. The van der Waals surface area contributed by atoms with E-state index < -0.39 is 0 Å². The fourth-order valence-corrected chi connectivity index (χ4v) is 5.57. The fraction of sp³-hybridized carbons (Fsp3) is 0.550. The van der Waals surface area contributed by atoms with Crippen molar-refractivity contribution in [1.82, 2.24) is 25.4 Å². The molecule has 0 aromatic carbocycles. The molecule has 3 fully saturated rings. The summed E-state index contributed by atoms with van der Waals surface area (Å²) in [5.41, 5.74) is 1.08. The number of pyridine rings is 1. The third kappa shape index (κ3) is 3.40. The van der Waals surface area contributed by atoms with Gasteiger partial charge in [0.2, 0.25) is 0 Å². The number of rotatable bonds is 3. The maximum atomic E-state index is 12.9. The van der Waals surface area contributed by atoms with Gasteiger partial charge in [0, 0.05) is 62.3 Å². The normalized spacial score (nSPS) is 27.1. The topological polar surface area (TPSA) is 77.6 Å². The summed E-state index contributed by atoms with van der Waals surface area (Å²) >= 11 is 1.51. The molecular formula is C20H25N5O2S. The van der Waals surface area contributed by atoms with E-state index in [1.165, 1.54) is 24.3 Å². The molecule has 3 atom stereocenters. The Balaban J connectivity index is 1.35. The second-order valence-electron chi connectivity index (χ2n) is 8.08. The number of nitrogens with zero attached hydrogens (tertiary/aromatic N) is 3. The highest BCUT2D eigenvalue weighted by molar-refractivity contribution is 7.17. The molecule has 2 bridgehead atoms. The van der Waals surface area contributed by atoms with Gasteiger partial charge < -0.3 is 20.4 Å². The molecule has 3 saturated heterocycles. The molecule has 148 valence electrons. The first-order valence-electron chi connectivity index (χ1n) is 10.1. The van der Waals surface area contributed by atoms with E-state index in [0.717, 1.165) is 42.7 Å². The van der Waals surface area contributed by atoms with E-state index in [9.17, 15) is 9.59 Å². The van der Waals surface area contributed by atoms with Crippen molar-refractivity contribution in [2.24, 2.45) is 5.92 Å². The number of thiophene rings is 1. The van der Waals surface area contributed by atoms with Gasteiger partial charge in [-0.1, -0.05) is 0 Å². The Kier molecular flexibility index (Phi) is 4.78. The minimum absolute atomic E-state index is 0.0435. The molecule has 2 aromatic rings. The molecule has 3 aliphatic heterocycles. The minimum atomic E-state index is -0.138. The maximum absolute atomic E-state index is 12.9. The van der Waals surface area contributed by atoms with Gasteiger partial charge in [-0.2, -0.15) is 0 Å². The third-order valence-corrected chi connectivity index (χ3v) is 7.06. The number of nitrogens with one attached hydrogen (secondary N) is 2. The summed E-state index contributed by atoms with van der Waals surface area (Å²) < 4.78 is 0.942. The van der Waals surface area contributed by atoms with Crippen molar-refractivity contribution in [2.45, 2.75) is 18.9 Å². The lowest BCUT2D eigenvalue weighted by Gasteiger charge is -2.30. The number of fused-ring (bicyclic) bond motifs is 3. The van der Waals surface area contributed by atoms with Crippen LogP contribution in [0.5, 0.6) is 0 Å². The molecule has 5 rings (SSSR count). The molecule has 2 amide bonds. The Morgan fingerprint density at radius 2 is 2.07 bits per heavy atom. The molecule has 0 radical (unpaired) electrons. The molecule has 0 aliphatic carbocycles. The first-order chi connectivity index (χ1) is 13.7. The molecule has 8 heteroatoms. The van der Waals surface area contributed by atoms with Crippen molar-refractivity contribution >= 4 is 33.2 Å². The maximum Gasteiger partial charge on any atom is 0.270 e. The number of carbonyl (C=O) groups excluding carboxylic acids is 2. The molecular weight excluding hydrogens is 374 g/mol. The van der Waals surface area contributed by atoms with Crippen LogP contribution in [0, 0.1) is 5.92 Å². The number of hydrogen-bond donors (Lipinski definition) is 2. The zero-order valence-electron chi connectivity index (χ0n) is 15.8. The Hall–Kier alpha value is -2.03. The molecule has 28 heavy (non-hydrogen) atoms. The van der Waals surface area contributed by atoms with E-state index in [2.05, 4.69) is 20.5 Å². The summed E-state index contributed by atoms with van der Waals surface area (Å²) in [7, 11) is 0. The number of hydrogen-bond acceptors (Lipinski definition) is 6. The van der Waals surface area contributed by atoms with Crippen LogP contribution in [-0.4, -0.2) is 78.5 Å². The summed E-state index contributed by atoms with van der Waals surface area (Å²) in [4.78, 5) is 34.4. The number of piperazine rings is 1.